The molecule has 1 aliphatic rings. The van der Waals surface area contributed by atoms with Gasteiger partial charge in [-0.25, -0.2) is 4.63 Å². The molecule has 1 unspecified atom stereocenters. The van der Waals surface area contributed by atoms with Crippen LogP contribution in [0.1, 0.15) is 23.3 Å². The second-order valence-corrected chi connectivity index (χ2v) is 4.48. The lowest BCUT2D eigenvalue weighted by Crippen LogP contribution is -2.39. The third kappa shape index (κ3) is 2.94. The first-order chi connectivity index (χ1) is 8.16. The van der Waals surface area contributed by atoms with Gasteiger partial charge in [0.2, 0.25) is 11.5 Å². The molecular formula is C10H17N5O2. The van der Waals surface area contributed by atoms with Crippen molar-refractivity contribution in [2.24, 2.45) is 5.92 Å². The number of nitrogens with two attached hydrogens (primary N) is 1. The predicted octanol–water partition coefficient (Wildman–Crippen LogP) is -0.277. The zero-order chi connectivity index (χ0) is 12.3. The normalized spacial score (nSPS) is 21.4. The summed E-state index contributed by atoms with van der Waals surface area (Å²) in [4.78, 5) is 14.0. The summed E-state index contributed by atoms with van der Waals surface area (Å²) in [5.41, 5.74) is 5.50. The average Bonchev–Trinajstić information content (AvgIpc) is 2.72. The minimum atomic E-state index is -0.322. The number of hydrogen-bond acceptors (Lipinski definition) is 6. The Morgan fingerprint density at radius 2 is 2.47 bits per heavy atom. The maximum absolute atomic E-state index is 11.7. The molecule has 0 aliphatic carbocycles. The van der Waals surface area contributed by atoms with Crippen LogP contribution in [0, 0.1) is 5.92 Å². The van der Waals surface area contributed by atoms with E-state index in [1.54, 1.807) is 0 Å². The molecule has 7 nitrogen and oxygen atoms in total. The van der Waals surface area contributed by atoms with E-state index in [4.69, 9.17) is 5.73 Å². The number of piperidine rings is 1. The molecule has 0 saturated carbocycles. The number of anilines is 1. The summed E-state index contributed by atoms with van der Waals surface area (Å²) in [7, 11) is 2.09. The number of nitrogen functional groups attached to an aromatic ring is 1. The molecule has 94 valence electrons. The highest BCUT2D eigenvalue weighted by Gasteiger charge is 2.20. The molecule has 1 aliphatic heterocycles. The van der Waals surface area contributed by atoms with Gasteiger partial charge in [-0.1, -0.05) is 0 Å². The number of hydrogen-bond donors (Lipinski definition) is 2. The van der Waals surface area contributed by atoms with Gasteiger partial charge in [0.15, 0.2) is 0 Å². The Labute approximate surface area is 99.3 Å². The summed E-state index contributed by atoms with van der Waals surface area (Å²) in [6, 6.07) is 0. The molecule has 1 aromatic rings. The zero-order valence-corrected chi connectivity index (χ0v) is 9.85. The van der Waals surface area contributed by atoms with E-state index in [2.05, 4.69) is 32.2 Å². The lowest BCUT2D eigenvalue weighted by molar-refractivity contribution is 0.0927. The smallest absolute Gasteiger partial charge is 0.277 e. The van der Waals surface area contributed by atoms with Crippen LogP contribution in [0.3, 0.4) is 0 Å². The number of nitrogens with zero attached hydrogens (tertiary/aromatic N) is 3. The van der Waals surface area contributed by atoms with Crippen molar-refractivity contribution in [2.75, 3.05) is 32.4 Å². The number of nitrogens with one attached hydrogen (secondary N) is 1. The van der Waals surface area contributed by atoms with Crippen molar-refractivity contribution in [3.8, 4) is 0 Å². The van der Waals surface area contributed by atoms with Gasteiger partial charge in [0.1, 0.15) is 0 Å². The third-order valence-electron chi connectivity index (χ3n) is 3.00. The van der Waals surface area contributed by atoms with Crippen LogP contribution in [0.25, 0.3) is 0 Å². The van der Waals surface area contributed by atoms with Gasteiger partial charge in [0.25, 0.3) is 5.91 Å². The van der Waals surface area contributed by atoms with Gasteiger partial charge >= 0.3 is 0 Å². The molecule has 1 saturated heterocycles. The molecular weight excluding hydrogens is 222 g/mol. The Kier molecular flexibility index (Phi) is 3.58. The molecule has 0 spiro atoms. The van der Waals surface area contributed by atoms with E-state index >= 15 is 0 Å². The summed E-state index contributed by atoms with van der Waals surface area (Å²) in [6.07, 6.45) is 2.31. The van der Waals surface area contributed by atoms with E-state index in [0.29, 0.717) is 12.5 Å². The molecule has 17 heavy (non-hydrogen) atoms. The van der Waals surface area contributed by atoms with Crippen LogP contribution in [-0.2, 0) is 0 Å². The Morgan fingerprint density at radius 3 is 3.12 bits per heavy atom. The van der Waals surface area contributed by atoms with Crippen molar-refractivity contribution in [1.82, 2.24) is 20.5 Å². The topological polar surface area (TPSA) is 97.3 Å². The second kappa shape index (κ2) is 5.13. The maximum atomic E-state index is 11.7. The second-order valence-electron chi connectivity index (χ2n) is 4.48. The summed E-state index contributed by atoms with van der Waals surface area (Å²) in [5.74, 6) is 0.194. The van der Waals surface area contributed by atoms with E-state index in [1.807, 2.05) is 0 Å². The highest BCUT2D eigenvalue weighted by atomic mass is 16.6. The highest BCUT2D eigenvalue weighted by molar-refractivity contribution is 5.95. The van der Waals surface area contributed by atoms with Gasteiger partial charge in [-0.3, -0.25) is 4.79 Å². The minimum Gasteiger partial charge on any atom is -0.379 e. The van der Waals surface area contributed by atoms with Gasteiger partial charge in [0, 0.05) is 13.1 Å². The molecule has 0 aromatic carbocycles. The number of rotatable bonds is 3. The molecule has 1 atom stereocenters. The van der Waals surface area contributed by atoms with E-state index in [9.17, 15) is 4.79 Å². The largest absolute Gasteiger partial charge is 0.379 e. The summed E-state index contributed by atoms with van der Waals surface area (Å²) >= 11 is 0. The van der Waals surface area contributed by atoms with E-state index < -0.39 is 0 Å². The molecule has 7 heteroatoms. The third-order valence-corrected chi connectivity index (χ3v) is 3.00. The first-order valence-electron chi connectivity index (χ1n) is 5.71. The Hall–Kier alpha value is -1.63. The molecule has 0 radical (unpaired) electrons. The molecule has 1 aromatic heterocycles. The molecule has 1 amide bonds. The minimum absolute atomic E-state index is 0.0308. The summed E-state index contributed by atoms with van der Waals surface area (Å²) < 4.78 is 4.38. The van der Waals surface area contributed by atoms with Gasteiger partial charge in [-0.2, -0.15) is 0 Å². The summed E-state index contributed by atoms with van der Waals surface area (Å²) in [5, 5.41) is 9.64. The fourth-order valence-electron chi connectivity index (χ4n) is 2.11. The van der Waals surface area contributed by atoms with Crippen LogP contribution in [0.4, 0.5) is 5.82 Å². The Bertz CT molecular complexity index is 392. The van der Waals surface area contributed by atoms with Crippen LogP contribution in [0.5, 0.6) is 0 Å². The monoisotopic (exact) mass is 239 g/mol. The zero-order valence-electron chi connectivity index (χ0n) is 9.85. The van der Waals surface area contributed by atoms with Crippen molar-refractivity contribution in [3.05, 3.63) is 5.69 Å². The Morgan fingerprint density at radius 1 is 1.65 bits per heavy atom. The van der Waals surface area contributed by atoms with E-state index in [0.717, 1.165) is 19.5 Å². The average molecular weight is 239 g/mol. The molecule has 3 N–H and O–H groups in total. The van der Waals surface area contributed by atoms with Crippen LogP contribution < -0.4 is 11.1 Å². The van der Waals surface area contributed by atoms with Crippen LogP contribution in [0.15, 0.2) is 4.63 Å². The fraction of sp³-hybridized carbons (Fsp3) is 0.700. The molecule has 0 bridgehead atoms. The van der Waals surface area contributed by atoms with Crippen LogP contribution >= 0.6 is 0 Å². The number of aromatic nitrogens is 2. The highest BCUT2D eigenvalue weighted by Crippen LogP contribution is 2.14. The molecule has 2 heterocycles. The number of amides is 1. The quantitative estimate of drug-likeness (QED) is 0.753. The van der Waals surface area contributed by atoms with Crippen molar-refractivity contribution < 1.29 is 9.42 Å². The first kappa shape index (κ1) is 11.8. The van der Waals surface area contributed by atoms with Crippen LogP contribution in [-0.4, -0.2) is 47.8 Å². The van der Waals surface area contributed by atoms with Gasteiger partial charge < -0.3 is 16.0 Å². The van der Waals surface area contributed by atoms with Crippen molar-refractivity contribution in [3.63, 3.8) is 0 Å². The van der Waals surface area contributed by atoms with Crippen molar-refractivity contribution in [1.29, 1.82) is 0 Å². The van der Waals surface area contributed by atoms with Crippen LogP contribution in [0.2, 0.25) is 0 Å². The fourth-order valence-corrected chi connectivity index (χ4v) is 2.11. The number of likely N-dealkylation sites (tertiary alicyclic amines) is 1. The molecule has 2 rings (SSSR count). The van der Waals surface area contributed by atoms with E-state index in [1.165, 1.54) is 6.42 Å². The van der Waals surface area contributed by atoms with Gasteiger partial charge in [-0.05, 0) is 42.7 Å². The maximum Gasteiger partial charge on any atom is 0.277 e. The predicted molar refractivity (Wildman–Crippen MR) is 61.3 cm³/mol. The van der Waals surface area contributed by atoms with Crippen molar-refractivity contribution in [2.45, 2.75) is 12.8 Å². The Balaban J connectivity index is 1.82. The molecule has 1 fully saturated rings. The number of carbonyl (C=O) groups is 1. The van der Waals surface area contributed by atoms with Gasteiger partial charge in [0.05, 0.1) is 0 Å². The lowest BCUT2D eigenvalue weighted by atomic mass is 9.98. The van der Waals surface area contributed by atoms with Gasteiger partial charge in [-0.15, -0.1) is 0 Å². The summed E-state index contributed by atoms with van der Waals surface area (Å²) in [6.45, 7) is 2.77. The SMILES string of the molecule is CN1CCCC(CNC(=O)c2nonc2N)C1. The standard InChI is InChI=1S/C10H17N5O2/c1-15-4-2-3-7(6-15)5-12-10(16)8-9(11)14-17-13-8/h7H,2-6H2,1H3,(H2,11,14)(H,12,16). The van der Waals surface area contributed by atoms with E-state index in [-0.39, 0.29) is 17.4 Å². The lowest BCUT2D eigenvalue weighted by Gasteiger charge is -2.29. The first-order valence-corrected chi connectivity index (χ1v) is 5.71. The van der Waals surface area contributed by atoms with Crippen molar-refractivity contribution >= 4 is 11.7 Å². The number of carbonyl (C=O) groups excluding carboxylic acids is 1.